The number of aromatic nitrogens is 1. The van der Waals surface area contributed by atoms with Gasteiger partial charge in [0.05, 0.1) is 11.4 Å². The van der Waals surface area contributed by atoms with E-state index in [1.54, 1.807) is 30.1 Å². The van der Waals surface area contributed by atoms with Crippen LogP contribution in [-0.2, 0) is 11.8 Å². The Labute approximate surface area is 167 Å². The van der Waals surface area contributed by atoms with Gasteiger partial charge < -0.3 is 14.6 Å². The third kappa shape index (κ3) is 3.81. The standard InChI is InChI=1S/C22H23N3O4/c1-14-5-7-15(8-6-14)21(27)25-11-3-4-16(13-25)20(26)23-17-9-10-19-18(12-17)24(2)22(28)29-19/h5-10,12,16H,3-4,11,13H2,1-2H3,(H,23,26). The molecule has 150 valence electrons. The lowest BCUT2D eigenvalue weighted by Gasteiger charge is -2.32. The molecule has 1 aliphatic heterocycles. The van der Waals surface area contributed by atoms with E-state index in [-0.39, 0.29) is 17.7 Å². The summed E-state index contributed by atoms with van der Waals surface area (Å²) in [6, 6.07) is 12.6. The fourth-order valence-corrected chi connectivity index (χ4v) is 3.70. The molecule has 2 aromatic carbocycles. The second kappa shape index (κ2) is 7.58. The maximum absolute atomic E-state index is 12.8. The zero-order chi connectivity index (χ0) is 20.5. The normalized spacial score (nSPS) is 16.8. The molecule has 4 rings (SSSR count). The molecule has 0 bridgehead atoms. The van der Waals surface area contributed by atoms with E-state index in [1.165, 1.54) is 4.57 Å². The Kier molecular flexibility index (Phi) is 4.96. The number of carbonyl (C=O) groups is 2. The number of nitrogens with zero attached hydrogens (tertiary/aromatic N) is 2. The molecule has 7 heteroatoms. The highest BCUT2D eigenvalue weighted by Gasteiger charge is 2.29. The van der Waals surface area contributed by atoms with Gasteiger partial charge in [-0.3, -0.25) is 14.2 Å². The summed E-state index contributed by atoms with van der Waals surface area (Å²) in [5.41, 5.74) is 3.43. The van der Waals surface area contributed by atoms with Crippen LogP contribution in [0, 0.1) is 12.8 Å². The molecule has 29 heavy (non-hydrogen) atoms. The lowest BCUT2D eigenvalue weighted by Crippen LogP contribution is -2.43. The Morgan fingerprint density at radius 1 is 1.14 bits per heavy atom. The molecule has 1 fully saturated rings. The SMILES string of the molecule is Cc1ccc(C(=O)N2CCCC(C(=O)Nc3ccc4oc(=O)n(C)c4c3)C2)cc1. The zero-order valence-corrected chi connectivity index (χ0v) is 16.5. The summed E-state index contributed by atoms with van der Waals surface area (Å²) in [6.45, 7) is 3.03. The molecule has 0 spiro atoms. The maximum Gasteiger partial charge on any atom is 0.419 e. The van der Waals surface area contributed by atoms with Crippen molar-refractivity contribution in [3.63, 3.8) is 0 Å². The first-order chi connectivity index (χ1) is 13.9. The molecular formula is C22H23N3O4. The molecule has 3 aromatic rings. The van der Waals surface area contributed by atoms with Crippen LogP contribution in [0.1, 0.15) is 28.8 Å². The number of nitrogens with one attached hydrogen (secondary N) is 1. The highest BCUT2D eigenvalue weighted by molar-refractivity contribution is 5.97. The first kappa shape index (κ1) is 19.0. The number of likely N-dealkylation sites (tertiary alicyclic amines) is 1. The zero-order valence-electron chi connectivity index (χ0n) is 16.5. The first-order valence-corrected chi connectivity index (χ1v) is 9.69. The van der Waals surface area contributed by atoms with Crippen molar-refractivity contribution < 1.29 is 14.0 Å². The lowest BCUT2D eigenvalue weighted by atomic mass is 9.96. The minimum absolute atomic E-state index is 0.0442. The third-order valence-corrected chi connectivity index (χ3v) is 5.44. The van der Waals surface area contributed by atoms with Gasteiger partial charge in [-0.25, -0.2) is 4.79 Å². The lowest BCUT2D eigenvalue weighted by molar-refractivity contribution is -0.121. The van der Waals surface area contributed by atoms with E-state index < -0.39 is 5.76 Å². The number of amides is 2. The van der Waals surface area contributed by atoms with Crippen molar-refractivity contribution in [2.24, 2.45) is 13.0 Å². The third-order valence-electron chi connectivity index (χ3n) is 5.44. The molecule has 2 amide bonds. The van der Waals surface area contributed by atoms with Crippen LogP contribution in [0.15, 0.2) is 51.7 Å². The van der Waals surface area contributed by atoms with Crippen molar-refractivity contribution in [1.82, 2.24) is 9.47 Å². The van der Waals surface area contributed by atoms with E-state index >= 15 is 0 Å². The topological polar surface area (TPSA) is 84.6 Å². The van der Waals surface area contributed by atoms with Crippen molar-refractivity contribution >= 4 is 28.6 Å². The predicted octanol–water partition coefficient (Wildman–Crippen LogP) is 2.93. The van der Waals surface area contributed by atoms with Gasteiger partial charge in [-0.15, -0.1) is 0 Å². The molecular weight excluding hydrogens is 370 g/mol. The largest absolute Gasteiger partial charge is 0.419 e. The van der Waals surface area contributed by atoms with Crippen LogP contribution in [0.3, 0.4) is 0 Å². The Morgan fingerprint density at radius 2 is 1.90 bits per heavy atom. The van der Waals surface area contributed by atoms with Gasteiger partial charge in [0, 0.05) is 31.4 Å². The van der Waals surface area contributed by atoms with Gasteiger partial charge in [0.25, 0.3) is 5.91 Å². The Morgan fingerprint density at radius 3 is 2.66 bits per heavy atom. The number of hydrogen-bond donors (Lipinski definition) is 1. The van der Waals surface area contributed by atoms with E-state index in [1.807, 2.05) is 31.2 Å². The van der Waals surface area contributed by atoms with E-state index in [9.17, 15) is 14.4 Å². The number of rotatable bonds is 3. The molecule has 7 nitrogen and oxygen atoms in total. The molecule has 1 N–H and O–H groups in total. The summed E-state index contributed by atoms with van der Waals surface area (Å²) in [5, 5.41) is 2.91. The van der Waals surface area contributed by atoms with E-state index in [2.05, 4.69) is 5.32 Å². The highest BCUT2D eigenvalue weighted by Crippen LogP contribution is 2.22. The van der Waals surface area contributed by atoms with Crippen molar-refractivity contribution in [1.29, 1.82) is 0 Å². The van der Waals surface area contributed by atoms with E-state index in [0.717, 1.165) is 18.4 Å². The van der Waals surface area contributed by atoms with Crippen LogP contribution in [0.2, 0.25) is 0 Å². The highest BCUT2D eigenvalue weighted by atomic mass is 16.4. The number of benzene rings is 2. The van der Waals surface area contributed by atoms with Crippen LogP contribution in [-0.4, -0.2) is 34.4 Å². The van der Waals surface area contributed by atoms with E-state index in [4.69, 9.17) is 4.42 Å². The number of anilines is 1. The van der Waals surface area contributed by atoms with Crippen molar-refractivity contribution in [3.05, 3.63) is 64.1 Å². The summed E-state index contributed by atoms with van der Waals surface area (Å²) in [7, 11) is 1.62. The number of piperidine rings is 1. The average Bonchev–Trinajstić information content (AvgIpc) is 3.02. The van der Waals surface area contributed by atoms with Gasteiger partial charge in [-0.2, -0.15) is 0 Å². The average molecular weight is 393 g/mol. The first-order valence-electron chi connectivity index (χ1n) is 9.69. The Balaban J connectivity index is 1.46. The van der Waals surface area contributed by atoms with Gasteiger partial charge >= 0.3 is 5.76 Å². The maximum atomic E-state index is 12.8. The molecule has 1 unspecified atom stereocenters. The summed E-state index contributed by atoms with van der Waals surface area (Å²) >= 11 is 0. The summed E-state index contributed by atoms with van der Waals surface area (Å²) in [5.74, 6) is -0.889. The number of oxazole rings is 1. The molecule has 1 saturated heterocycles. The van der Waals surface area contributed by atoms with Crippen LogP contribution in [0.5, 0.6) is 0 Å². The van der Waals surface area contributed by atoms with Gasteiger partial charge in [0.2, 0.25) is 5.91 Å². The van der Waals surface area contributed by atoms with Gasteiger partial charge in [0.1, 0.15) is 0 Å². The monoisotopic (exact) mass is 393 g/mol. The number of aryl methyl sites for hydroxylation is 2. The number of hydrogen-bond acceptors (Lipinski definition) is 4. The Hall–Kier alpha value is -3.35. The van der Waals surface area contributed by atoms with Crippen LogP contribution in [0.25, 0.3) is 11.1 Å². The fourth-order valence-electron chi connectivity index (χ4n) is 3.70. The van der Waals surface area contributed by atoms with Crippen LogP contribution in [0.4, 0.5) is 5.69 Å². The van der Waals surface area contributed by atoms with Crippen molar-refractivity contribution in [2.45, 2.75) is 19.8 Å². The molecule has 1 aliphatic rings. The minimum Gasteiger partial charge on any atom is -0.408 e. The summed E-state index contributed by atoms with van der Waals surface area (Å²) < 4.78 is 6.51. The fraction of sp³-hybridized carbons (Fsp3) is 0.318. The van der Waals surface area contributed by atoms with Crippen LogP contribution >= 0.6 is 0 Å². The molecule has 1 atom stereocenters. The summed E-state index contributed by atoms with van der Waals surface area (Å²) in [6.07, 6.45) is 1.51. The van der Waals surface area contributed by atoms with Gasteiger partial charge in [-0.05, 0) is 50.1 Å². The van der Waals surface area contributed by atoms with E-state index in [0.29, 0.717) is 35.4 Å². The van der Waals surface area contributed by atoms with Gasteiger partial charge in [-0.1, -0.05) is 17.7 Å². The quantitative estimate of drug-likeness (QED) is 0.742. The summed E-state index contributed by atoms with van der Waals surface area (Å²) in [4.78, 5) is 39.0. The smallest absolute Gasteiger partial charge is 0.408 e. The van der Waals surface area contributed by atoms with Crippen LogP contribution < -0.4 is 11.1 Å². The number of carbonyl (C=O) groups excluding carboxylic acids is 2. The minimum atomic E-state index is -0.444. The molecule has 0 radical (unpaired) electrons. The molecule has 1 aromatic heterocycles. The van der Waals surface area contributed by atoms with Crippen molar-refractivity contribution in [2.75, 3.05) is 18.4 Å². The second-order valence-corrected chi connectivity index (χ2v) is 7.56. The van der Waals surface area contributed by atoms with Gasteiger partial charge in [0.15, 0.2) is 5.58 Å². The molecule has 2 heterocycles. The molecule has 0 saturated carbocycles. The number of fused-ring (bicyclic) bond motifs is 1. The Bertz CT molecular complexity index is 1130. The van der Waals surface area contributed by atoms with Crippen molar-refractivity contribution in [3.8, 4) is 0 Å². The second-order valence-electron chi connectivity index (χ2n) is 7.56. The predicted molar refractivity (Wildman–Crippen MR) is 110 cm³/mol. The molecule has 0 aliphatic carbocycles.